The molecule has 0 fully saturated rings. The summed E-state index contributed by atoms with van der Waals surface area (Å²) >= 11 is 0. The van der Waals surface area contributed by atoms with E-state index in [0.717, 1.165) is 43.3 Å². The molecule has 0 aliphatic carbocycles. The van der Waals surface area contributed by atoms with Gasteiger partial charge in [-0.3, -0.25) is 9.59 Å². The highest BCUT2D eigenvalue weighted by Gasteiger charge is 2.27. The Morgan fingerprint density at radius 1 is 0.524 bits per heavy atom. The van der Waals surface area contributed by atoms with Gasteiger partial charge in [-0.25, -0.2) is 0 Å². The van der Waals surface area contributed by atoms with Crippen LogP contribution in [0.4, 0.5) is 0 Å². The van der Waals surface area contributed by atoms with Gasteiger partial charge in [0.25, 0.3) is 0 Å². The molecule has 0 saturated heterocycles. The molecule has 0 aromatic carbocycles. The van der Waals surface area contributed by atoms with Crippen LogP contribution in [-0.2, 0) is 19.1 Å². The molecule has 5 nitrogen and oxygen atoms in total. The van der Waals surface area contributed by atoms with E-state index in [-0.39, 0.29) is 48.6 Å². The zero-order valence-electron chi connectivity index (χ0n) is 28.8. The van der Waals surface area contributed by atoms with Crippen molar-refractivity contribution in [2.75, 3.05) is 33.3 Å². The summed E-state index contributed by atoms with van der Waals surface area (Å²) in [5, 5.41) is 0. The molecule has 1 atom stereocenters. The van der Waals surface area contributed by atoms with Crippen molar-refractivity contribution >= 4 is 11.9 Å². The number of esters is 2. The quantitative estimate of drug-likeness (QED) is 0.0328. The molecular weight excluding hydrogens is 637 g/mol. The van der Waals surface area contributed by atoms with Crippen LogP contribution in [0.1, 0.15) is 182 Å². The van der Waals surface area contributed by atoms with Gasteiger partial charge in [-0.15, -0.1) is 0 Å². The number of carbonyl (C=O) groups is 2. The lowest BCUT2D eigenvalue weighted by Gasteiger charge is -2.35. The minimum absolute atomic E-state index is 0. The molecule has 0 heterocycles. The molecular formula is C36H72INO4. The SMILES string of the molecule is CCCCCCCCCCCCCC(=O)OCC(C[N+](C)(CC)CC)OC(=O)CCCCCCCCCCCCC.[I-]. The van der Waals surface area contributed by atoms with Crippen molar-refractivity contribution in [3.05, 3.63) is 0 Å². The van der Waals surface area contributed by atoms with Crippen LogP contribution in [0.2, 0.25) is 0 Å². The fourth-order valence-electron chi connectivity index (χ4n) is 5.47. The zero-order chi connectivity index (χ0) is 30.4. The topological polar surface area (TPSA) is 52.6 Å². The van der Waals surface area contributed by atoms with Crippen LogP contribution >= 0.6 is 0 Å². The number of hydrogen-bond acceptors (Lipinski definition) is 4. The molecule has 0 aliphatic heterocycles. The van der Waals surface area contributed by atoms with Gasteiger partial charge in [-0.1, -0.05) is 142 Å². The second-order valence-corrected chi connectivity index (χ2v) is 12.8. The van der Waals surface area contributed by atoms with Crippen molar-refractivity contribution in [2.45, 2.75) is 188 Å². The molecule has 0 radical (unpaired) electrons. The molecule has 0 amide bonds. The van der Waals surface area contributed by atoms with Crippen molar-refractivity contribution in [2.24, 2.45) is 0 Å². The van der Waals surface area contributed by atoms with Gasteiger partial charge in [0.15, 0.2) is 6.10 Å². The molecule has 0 N–H and O–H groups in total. The van der Waals surface area contributed by atoms with Gasteiger partial charge >= 0.3 is 11.9 Å². The lowest BCUT2D eigenvalue weighted by Crippen LogP contribution is -3.00. The Morgan fingerprint density at radius 2 is 0.857 bits per heavy atom. The number of nitrogens with zero attached hydrogens (tertiary/aromatic N) is 1. The molecule has 0 aromatic rings. The van der Waals surface area contributed by atoms with E-state index in [2.05, 4.69) is 34.7 Å². The van der Waals surface area contributed by atoms with E-state index in [1.807, 2.05) is 0 Å². The summed E-state index contributed by atoms with van der Waals surface area (Å²) in [6.07, 6.45) is 28.3. The lowest BCUT2D eigenvalue weighted by atomic mass is 10.1. The van der Waals surface area contributed by atoms with Crippen molar-refractivity contribution in [1.82, 2.24) is 0 Å². The van der Waals surface area contributed by atoms with Crippen LogP contribution in [0.5, 0.6) is 0 Å². The van der Waals surface area contributed by atoms with E-state index in [1.165, 1.54) is 116 Å². The Balaban J connectivity index is 0. The van der Waals surface area contributed by atoms with Gasteiger partial charge in [0, 0.05) is 12.8 Å². The Kier molecular flexibility index (Phi) is 33.4. The van der Waals surface area contributed by atoms with Gasteiger partial charge < -0.3 is 37.9 Å². The van der Waals surface area contributed by atoms with Gasteiger partial charge in [0.05, 0.1) is 20.1 Å². The van der Waals surface area contributed by atoms with Gasteiger partial charge in [0.1, 0.15) is 13.2 Å². The molecule has 1 unspecified atom stereocenters. The summed E-state index contributed by atoms with van der Waals surface area (Å²) in [5.74, 6) is -0.305. The van der Waals surface area contributed by atoms with E-state index < -0.39 is 0 Å². The highest BCUT2D eigenvalue weighted by Crippen LogP contribution is 2.15. The largest absolute Gasteiger partial charge is 1.00 e. The van der Waals surface area contributed by atoms with Crippen LogP contribution in [0.15, 0.2) is 0 Å². The fourth-order valence-corrected chi connectivity index (χ4v) is 5.47. The molecule has 0 aromatic heterocycles. The maximum atomic E-state index is 12.6. The van der Waals surface area contributed by atoms with Crippen LogP contribution in [0, 0.1) is 0 Å². The summed E-state index contributed by atoms with van der Waals surface area (Å²) < 4.78 is 12.3. The predicted octanol–water partition coefficient (Wildman–Crippen LogP) is 7.33. The first-order chi connectivity index (χ1) is 19.9. The second-order valence-electron chi connectivity index (χ2n) is 12.8. The predicted molar refractivity (Wildman–Crippen MR) is 175 cm³/mol. The highest BCUT2D eigenvalue weighted by molar-refractivity contribution is 5.70. The van der Waals surface area contributed by atoms with Crippen molar-refractivity contribution < 1.29 is 47.5 Å². The summed E-state index contributed by atoms with van der Waals surface area (Å²) in [4.78, 5) is 25.1. The summed E-state index contributed by atoms with van der Waals surface area (Å²) in [6, 6.07) is 0. The standard InChI is InChI=1S/C36H72NO4.HI/c1-6-10-12-14-16-18-20-22-24-26-28-30-35(38)40-33-34(32-37(5,8-3)9-4)41-36(39)31-29-27-25-23-21-19-17-15-13-11-7-2;/h34H,6-33H2,1-5H3;1H/q+1;/p-1. The zero-order valence-corrected chi connectivity index (χ0v) is 31.0. The smallest absolute Gasteiger partial charge is 0.306 e. The summed E-state index contributed by atoms with van der Waals surface area (Å²) in [6.45, 7) is 11.6. The molecule has 0 saturated carbocycles. The van der Waals surface area contributed by atoms with Crippen molar-refractivity contribution in [1.29, 1.82) is 0 Å². The number of carbonyl (C=O) groups excluding carboxylic acids is 2. The number of hydrogen-bond donors (Lipinski definition) is 0. The monoisotopic (exact) mass is 709 g/mol. The Labute approximate surface area is 279 Å². The highest BCUT2D eigenvalue weighted by atomic mass is 127. The van der Waals surface area contributed by atoms with E-state index >= 15 is 0 Å². The third-order valence-corrected chi connectivity index (χ3v) is 8.87. The molecule has 42 heavy (non-hydrogen) atoms. The van der Waals surface area contributed by atoms with Crippen LogP contribution in [-0.4, -0.2) is 55.8 Å². The number of halogens is 1. The third kappa shape index (κ3) is 28.4. The van der Waals surface area contributed by atoms with E-state index in [9.17, 15) is 9.59 Å². The molecule has 0 bridgehead atoms. The minimum atomic E-state index is -0.374. The van der Waals surface area contributed by atoms with Crippen molar-refractivity contribution in [3.63, 3.8) is 0 Å². The van der Waals surface area contributed by atoms with Crippen molar-refractivity contribution in [3.8, 4) is 0 Å². The number of quaternary nitrogens is 1. The lowest BCUT2D eigenvalue weighted by molar-refractivity contribution is -0.908. The molecule has 252 valence electrons. The average molecular weight is 710 g/mol. The molecule has 0 aliphatic rings. The summed E-state index contributed by atoms with van der Waals surface area (Å²) in [5.41, 5.74) is 0. The Morgan fingerprint density at radius 3 is 1.21 bits per heavy atom. The summed E-state index contributed by atoms with van der Waals surface area (Å²) in [7, 11) is 2.18. The Bertz CT molecular complexity index is 597. The van der Waals surface area contributed by atoms with Gasteiger partial charge in [-0.05, 0) is 26.7 Å². The Hall–Kier alpha value is -0.370. The van der Waals surface area contributed by atoms with E-state index in [1.54, 1.807) is 0 Å². The number of ether oxygens (including phenoxy) is 2. The molecule has 0 spiro atoms. The first-order valence-electron chi connectivity index (χ1n) is 18.1. The number of rotatable bonds is 31. The van der Waals surface area contributed by atoms with E-state index in [0.29, 0.717) is 19.4 Å². The first-order valence-corrected chi connectivity index (χ1v) is 18.1. The van der Waals surface area contributed by atoms with Gasteiger partial charge in [-0.2, -0.15) is 0 Å². The normalized spacial score (nSPS) is 12.1. The van der Waals surface area contributed by atoms with Gasteiger partial charge in [0.2, 0.25) is 0 Å². The maximum Gasteiger partial charge on any atom is 0.306 e. The van der Waals surface area contributed by atoms with Crippen LogP contribution < -0.4 is 24.0 Å². The first kappa shape index (κ1) is 43.8. The molecule has 6 heteroatoms. The third-order valence-electron chi connectivity index (χ3n) is 8.87. The maximum absolute atomic E-state index is 12.6. The number of unbranched alkanes of at least 4 members (excludes halogenated alkanes) is 20. The van der Waals surface area contributed by atoms with Crippen LogP contribution in [0.3, 0.4) is 0 Å². The van der Waals surface area contributed by atoms with E-state index in [4.69, 9.17) is 9.47 Å². The second kappa shape index (κ2) is 32.0. The molecule has 0 rings (SSSR count). The van der Waals surface area contributed by atoms with Crippen LogP contribution in [0.25, 0.3) is 0 Å². The average Bonchev–Trinajstić information content (AvgIpc) is 2.97. The fraction of sp³-hybridized carbons (Fsp3) is 0.944. The minimum Gasteiger partial charge on any atom is -1.00 e. The number of likely N-dealkylation sites (N-methyl/N-ethyl adjacent to an activating group) is 1.